The SMILES string of the molecule is C=CCN1C[C@@]2(C(=O)O)CN(C(=O)CCc3cnn(C)c3)C[C@H]2C1=O. The molecule has 25 heavy (non-hydrogen) atoms. The molecule has 1 aromatic rings. The van der Waals surface area contributed by atoms with Crippen LogP contribution < -0.4 is 0 Å². The number of amides is 2. The van der Waals surface area contributed by atoms with Gasteiger partial charge in [-0.1, -0.05) is 6.08 Å². The summed E-state index contributed by atoms with van der Waals surface area (Å²) in [6.45, 7) is 4.32. The zero-order chi connectivity index (χ0) is 18.2. The van der Waals surface area contributed by atoms with E-state index >= 15 is 0 Å². The van der Waals surface area contributed by atoms with Crippen LogP contribution in [0.3, 0.4) is 0 Å². The van der Waals surface area contributed by atoms with Crippen molar-refractivity contribution in [2.24, 2.45) is 18.4 Å². The number of aliphatic carboxylic acids is 1. The highest BCUT2D eigenvalue weighted by Gasteiger charge is 2.62. The average molecular weight is 346 g/mol. The molecule has 0 saturated carbocycles. The largest absolute Gasteiger partial charge is 0.481 e. The lowest BCUT2D eigenvalue weighted by atomic mass is 9.81. The first-order valence-corrected chi connectivity index (χ1v) is 8.26. The molecule has 3 rings (SSSR count). The van der Waals surface area contributed by atoms with Gasteiger partial charge >= 0.3 is 5.97 Å². The minimum atomic E-state index is -1.20. The number of fused-ring (bicyclic) bond motifs is 1. The molecule has 2 atom stereocenters. The van der Waals surface area contributed by atoms with Gasteiger partial charge in [-0.05, 0) is 12.0 Å². The lowest BCUT2D eigenvalue weighted by Crippen LogP contribution is -2.42. The van der Waals surface area contributed by atoms with E-state index in [1.807, 2.05) is 13.2 Å². The van der Waals surface area contributed by atoms with Crippen LogP contribution in [0.1, 0.15) is 12.0 Å². The van der Waals surface area contributed by atoms with Gasteiger partial charge in [0.25, 0.3) is 0 Å². The van der Waals surface area contributed by atoms with E-state index in [1.165, 1.54) is 9.80 Å². The van der Waals surface area contributed by atoms with E-state index in [0.29, 0.717) is 13.0 Å². The van der Waals surface area contributed by atoms with Gasteiger partial charge in [0.1, 0.15) is 5.41 Å². The van der Waals surface area contributed by atoms with Crippen LogP contribution in [0.25, 0.3) is 0 Å². The van der Waals surface area contributed by atoms with Gasteiger partial charge in [-0.2, -0.15) is 5.10 Å². The molecule has 8 nitrogen and oxygen atoms in total. The molecule has 2 aliphatic heterocycles. The minimum absolute atomic E-state index is 0.0816. The van der Waals surface area contributed by atoms with Gasteiger partial charge in [0.2, 0.25) is 11.8 Å². The summed E-state index contributed by atoms with van der Waals surface area (Å²) in [5.41, 5.74) is -0.249. The second-order valence-electron chi connectivity index (χ2n) is 6.82. The smallest absolute Gasteiger partial charge is 0.314 e. The molecule has 2 amide bonds. The van der Waals surface area contributed by atoms with Crippen LogP contribution in [-0.4, -0.2) is 68.6 Å². The summed E-state index contributed by atoms with van der Waals surface area (Å²) in [4.78, 5) is 39.9. The molecule has 2 fully saturated rings. The second kappa shape index (κ2) is 6.34. The number of carbonyl (C=O) groups is 3. The summed E-state index contributed by atoms with van der Waals surface area (Å²) in [6, 6.07) is 0. The van der Waals surface area contributed by atoms with Crippen LogP contribution in [0.15, 0.2) is 25.0 Å². The number of likely N-dealkylation sites (tertiary alicyclic amines) is 2. The Kier molecular flexibility index (Phi) is 4.36. The zero-order valence-corrected chi connectivity index (χ0v) is 14.2. The molecule has 0 bridgehead atoms. The number of hydrogen-bond donors (Lipinski definition) is 1. The number of aryl methyl sites for hydroxylation is 2. The van der Waals surface area contributed by atoms with Gasteiger partial charge in [-0.15, -0.1) is 6.58 Å². The summed E-state index contributed by atoms with van der Waals surface area (Å²) in [6.07, 6.45) is 5.97. The Hall–Kier alpha value is -2.64. The topological polar surface area (TPSA) is 95.7 Å². The molecular formula is C17H22N4O4. The molecule has 0 radical (unpaired) electrons. The van der Waals surface area contributed by atoms with E-state index in [0.717, 1.165) is 5.56 Å². The van der Waals surface area contributed by atoms with Gasteiger partial charge < -0.3 is 14.9 Å². The Morgan fingerprint density at radius 1 is 1.48 bits per heavy atom. The normalized spacial score (nSPS) is 25.3. The fourth-order valence-electron chi connectivity index (χ4n) is 3.82. The summed E-state index contributed by atoms with van der Waals surface area (Å²) < 4.78 is 1.67. The maximum absolute atomic E-state index is 12.5. The van der Waals surface area contributed by atoms with Gasteiger partial charge in [0.05, 0.1) is 12.1 Å². The number of carbonyl (C=O) groups excluding carboxylic acids is 2. The first-order chi connectivity index (χ1) is 11.9. The predicted octanol–water partition coefficient (Wildman–Crippen LogP) is -0.0897. The second-order valence-corrected chi connectivity index (χ2v) is 6.82. The van der Waals surface area contributed by atoms with Crippen molar-refractivity contribution in [1.82, 2.24) is 19.6 Å². The molecule has 0 aliphatic carbocycles. The Balaban J connectivity index is 1.68. The standard InChI is InChI=1S/C17H22N4O4/c1-3-6-20-10-17(16(24)25)11-21(9-13(17)15(20)23)14(22)5-4-12-7-18-19(2)8-12/h3,7-8,13H,1,4-6,9-11H2,2H3,(H,24,25)/t13-,17+/m0/s1. The zero-order valence-electron chi connectivity index (χ0n) is 14.2. The molecule has 1 N–H and O–H groups in total. The monoisotopic (exact) mass is 346 g/mol. The number of nitrogens with zero attached hydrogens (tertiary/aromatic N) is 4. The number of rotatable bonds is 6. The van der Waals surface area contributed by atoms with E-state index in [4.69, 9.17) is 0 Å². The Bertz CT molecular complexity index is 728. The highest BCUT2D eigenvalue weighted by molar-refractivity contribution is 5.94. The fraction of sp³-hybridized carbons (Fsp3) is 0.529. The average Bonchev–Trinajstić information content (AvgIpc) is 3.21. The molecule has 2 aliphatic rings. The molecule has 1 aromatic heterocycles. The number of hydrogen-bond acceptors (Lipinski definition) is 4. The molecule has 0 spiro atoms. The minimum Gasteiger partial charge on any atom is -0.481 e. The van der Waals surface area contributed by atoms with E-state index < -0.39 is 17.3 Å². The van der Waals surface area contributed by atoms with Crippen molar-refractivity contribution in [2.75, 3.05) is 26.2 Å². The molecule has 2 saturated heterocycles. The van der Waals surface area contributed by atoms with Crippen molar-refractivity contribution >= 4 is 17.8 Å². The van der Waals surface area contributed by atoms with Crippen LogP contribution >= 0.6 is 0 Å². The summed E-state index contributed by atoms with van der Waals surface area (Å²) in [5.74, 6) is -2.01. The Morgan fingerprint density at radius 2 is 2.24 bits per heavy atom. The van der Waals surface area contributed by atoms with E-state index in [-0.39, 0.29) is 37.9 Å². The van der Waals surface area contributed by atoms with Gasteiger partial charge in [0.15, 0.2) is 0 Å². The lowest BCUT2D eigenvalue weighted by molar-refractivity contribution is -0.150. The first kappa shape index (κ1) is 17.2. The van der Waals surface area contributed by atoms with Crippen molar-refractivity contribution in [3.05, 3.63) is 30.6 Å². The van der Waals surface area contributed by atoms with Crippen molar-refractivity contribution in [2.45, 2.75) is 12.8 Å². The van der Waals surface area contributed by atoms with Gasteiger partial charge in [0, 0.05) is 45.8 Å². The third-order valence-corrected chi connectivity index (χ3v) is 5.14. The van der Waals surface area contributed by atoms with E-state index in [1.54, 1.807) is 17.0 Å². The van der Waals surface area contributed by atoms with Crippen molar-refractivity contribution in [3.63, 3.8) is 0 Å². The highest BCUT2D eigenvalue weighted by Crippen LogP contribution is 2.43. The van der Waals surface area contributed by atoms with E-state index in [9.17, 15) is 19.5 Å². The highest BCUT2D eigenvalue weighted by atomic mass is 16.4. The maximum atomic E-state index is 12.5. The Morgan fingerprint density at radius 3 is 2.80 bits per heavy atom. The maximum Gasteiger partial charge on any atom is 0.314 e. The molecule has 0 aromatic carbocycles. The van der Waals surface area contributed by atoms with Crippen LogP contribution in [0.2, 0.25) is 0 Å². The quantitative estimate of drug-likeness (QED) is 0.727. The number of carboxylic acid groups (broad SMARTS) is 1. The molecule has 3 heterocycles. The molecule has 134 valence electrons. The molecule has 8 heteroatoms. The van der Waals surface area contributed by atoms with Crippen molar-refractivity contribution < 1.29 is 19.5 Å². The third kappa shape index (κ3) is 2.92. The van der Waals surface area contributed by atoms with Crippen molar-refractivity contribution in [1.29, 1.82) is 0 Å². The molecule has 0 unspecified atom stereocenters. The van der Waals surface area contributed by atoms with E-state index in [2.05, 4.69) is 11.7 Å². The summed E-state index contributed by atoms with van der Waals surface area (Å²) in [7, 11) is 1.81. The predicted molar refractivity (Wildman–Crippen MR) is 88.4 cm³/mol. The third-order valence-electron chi connectivity index (χ3n) is 5.14. The van der Waals surface area contributed by atoms with Crippen LogP contribution in [0, 0.1) is 11.3 Å². The van der Waals surface area contributed by atoms with Crippen LogP contribution in [-0.2, 0) is 27.9 Å². The first-order valence-electron chi connectivity index (χ1n) is 8.26. The Labute approximate surface area is 145 Å². The van der Waals surface area contributed by atoms with Crippen LogP contribution in [0.5, 0.6) is 0 Å². The number of aromatic nitrogens is 2. The fourth-order valence-corrected chi connectivity index (χ4v) is 3.82. The summed E-state index contributed by atoms with van der Waals surface area (Å²) >= 11 is 0. The lowest BCUT2D eigenvalue weighted by Gasteiger charge is -2.24. The summed E-state index contributed by atoms with van der Waals surface area (Å²) in [5, 5.41) is 13.8. The number of carboxylic acids is 1. The van der Waals surface area contributed by atoms with Gasteiger partial charge in [-0.25, -0.2) is 0 Å². The van der Waals surface area contributed by atoms with Crippen LogP contribution in [0.4, 0.5) is 0 Å². The molecular weight excluding hydrogens is 324 g/mol. The van der Waals surface area contributed by atoms with Crippen molar-refractivity contribution in [3.8, 4) is 0 Å². The van der Waals surface area contributed by atoms with Gasteiger partial charge in [-0.3, -0.25) is 19.1 Å².